The Hall–Kier alpha value is -1.92. The molecule has 0 aliphatic carbocycles. The Morgan fingerprint density at radius 3 is 2.67 bits per heavy atom. The molecule has 1 saturated heterocycles. The van der Waals surface area contributed by atoms with Crippen LogP contribution in [0.25, 0.3) is 0 Å². The molecule has 0 aromatic rings. The number of oxime groups is 1. The lowest BCUT2D eigenvalue weighted by atomic mass is 10.3. The van der Waals surface area contributed by atoms with Gasteiger partial charge in [-0.3, -0.25) is 9.59 Å². The number of Topliss-reactive ketones (excluding diaryl/α,β-unsaturated/α-hetero) is 1. The molecule has 0 aromatic carbocycles. The number of hydrogen-bond donors (Lipinski definition) is 2. The summed E-state index contributed by atoms with van der Waals surface area (Å²) in [6.45, 7) is 1.52. The van der Waals surface area contributed by atoms with E-state index in [4.69, 9.17) is 5.11 Å². The van der Waals surface area contributed by atoms with Crippen molar-refractivity contribution in [2.75, 3.05) is 6.54 Å². The largest absolute Gasteiger partial charge is 0.476 e. The molecule has 7 heteroatoms. The molecule has 1 atom stereocenters. The predicted octanol–water partition coefficient (Wildman–Crippen LogP) is -1.08. The summed E-state index contributed by atoms with van der Waals surface area (Å²) in [5.74, 6) is -2.55. The lowest BCUT2D eigenvalue weighted by Crippen LogP contribution is -2.26. The molecule has 0 radical (unpaired) electrons. The number of rotatable bonds is 4. The molecule has 82 valence electrons. The van der Waals surface area contributed by atoms with E-state index in [2.05, 4.69) is 15.3 Å². The molecule has 7 nitrogen and oxygen atoms in total. The van der Waals surface area contributed by atoms with Crippen molar-refractivity contribution < 1.29 is 24.3 Å². The molecule has 15 heavy (non-hydrogen) atoms. The van der Waals surface area contributed by atoms with E-state index >= 15 is 0 Å². The highest BCUT2D eigenvalue weighted by Gasteiger charge is 2.27. The maximum absolute atomic E-state index is 11.0. The number of carboxylic acid groups (broad SMARTS) is 1. The van der Waals surface area contributed by atoms with Gasteiger partial charge in [-0.1, -0.05) is 5.16 Å². The summed E-state index contributed by atoms with van der Waals surface area (Å²) < 4.78 is 0. The lowest BCUT2D eigenvalue weighted by Gasteiger charge is -2.04. The zero-order valence-electron chi connectivity index (χ0n) is 8.02. The van der Waals surface area contributed by atoms with Crippen molar-refractivity contribution in [2.45, 2.75) is 19.4 Å². The van der Waals surface area contributed by atoms with E-state index in [0.29, 0.717) is 13.0 Å². The Bertz CT molecular complexity index is 320. The monoisotopic (exact) mass is 214 g/mol. The van der Waals surface area contributed by atoms with Crippen molar-refractivity contribution in [2.24, 2.45) is 5.16 Å². The van der Waals surface area contributed by atoms with Crippen molar-refractivity contribution in [3.63, 3.8) is 0 Å². The average molecular weight is 214 g/mol. The van der Waals surface area contributed by atoms with E-state index in [9.17, 15) is 14.4 Å². The molecule has 1 rings (SSSR count). The number of hydrogen-bond acceptors (Lipinski definition) is 5. The van der Waals surface area contributed by atoms with Crippen LogP contribution in [-0.2, 0) is 19.2 Å². The third-order valence-electron chi connectivity index (χ3n) is 1.81. The first kappa shape index (κ1) is 11.2. The van der Waals surface area contributed by atoms with Gasteiger partial charge < -0.3 is 15.3 Å². The Balaban J connectivity index is 2.65. The maximum atomic E-state index is 11.0. The number of nitrogens with one attached hydrogen (secondary N) is 1. The summed E-state index contributed by atoms with van der Waals surface area (Å²) in [5, 5.41) is 14.2. The second kappa shape index (κ2) is 4.54. The summed E-state index contributed by atoms with van der Waals surface area (Å²) in [7, 11) is 0. The summed E-state index contributed by atoms with van der Waals surface area (Å²) in [6, 6.07) is 0. The first-order valence-electron chi connectivity index (χ1n) is 4.28. The van der Waals surface area contributed by atoms with Crippen molar-refractivity contribution in [1.82, 2.24) is 5.32 Å². The van der Waals surface area contributed by atoms with Crippen LogP contribution in [0.15, 0.2) is 5.16 Å². The van der Waals surface area contributed by atoms with Crippen LogP contribution in [0.2, 0.25) is 0 Å². The SMILES string of the molecule is CC(=O)/C(=N\OC1CCNC1=O)C(=O)O. The summed E-state index contributed by atoms with van der Waals surface area (Å²) >= 11 is 0. The second-order valence-electron chi connectivity index (χ2n) is 2.97. The van der Waals surface area contributed by atoms with Crippen LogP contribution < -0.4 is 5.32 Å². The highest BCUT2D eigenvalue weighted by Crippen LogP contribution is 2.05. The number of carboxylic acids is 1. The molecule has 1 aliphatic heterocycles. The standard InChI is InChI=1S/C8H10N2O5/c1-4(11)6(8(13)14)10-15-5-2-3-9-7(5)12/h5H,2-3H2,1H3,(H,9,12)(H,13,14)/b10-6+. The molecule has 1 amide bonds. The van der Waals surface area contributed by atoms with E-state index in [1.54, 1.807) is 0 Å². The van der Waals surface area contributed by atoms with Gasteiger partial charge in [0.15, 0.2) is 5.78 Å². The summed E-state index contributed by atoms with van der Waals surface area (Å²) in [6.07, 6.45) is -0.397. The Morgan fingerprint density at radius 2 is 2.27 bits per heavy atom. The van der Waals surface area contributed by atoms with Gasteiger partial charge in [-0.25, -0.2) is 4.79 Å². The van der Waals surface area contributed by atoms with Crippen molar-refractivity contribution in [3.05, 3.63) is 0 Å². The number of carbonyl (C=O) groups excluding carboxylic acids is 2. The third-order valence-corrected chi connectivity index (χ3v) is 1.81. The molecule has 2 N–H and O–H groups in total. The van der Waals surface area contributed by atoms with E-state index in [0.717, 1.165) is 6.92 Å². The molecular weight excluding hydrogens is 204 g/mol. The lowest BCUT2D eigenvalue weighted by molar-refractivity contribution is -0.132. The minimum Gasteiger partial charge on any atom is -0.476 e. The molecule has 1 heterocycles. The van der Waals surface area contributed by atoms with Gasteiger partial charge in [0.25, 0.3) is 5.91 Å². The zero-order valence-corrected chi connectivity index (χ0v) is 8.02. The van der Waals surface area contributed by atoms with Crippen LogP contribution >= 0.6 is 0 Å². The van der Waals surface area contributed by atoms with E-state index < -0.39 is 23.6 Å². The highest BCUT2D eigenvalue weighted by atomic mass is 16.6. The van der Waals surface area contributed by atoms with Gasteiger partial charge in [0.05, 0.1) is 0 Å². The van der Waals surface area contributed by atoms with E-state index in [1.807, 2.05) is 0 Å². The third kappa shape index (κ3) is 2.76. The average Bonchev–Trinajstić information content (AvgIpc) is 2.51. The molecule has 0 bridgehead atoms. The molecular formula is C8H10N2O5. The smallest absolute Gasteiger partial charge is 0.361 e. The van der Waals surface area contributed by atoms with Gasteiger partial charge in [-0.05, 0) is 0 Å². The topological polar surface area (TPSA) is 105 Å². The summed E-state index contributed by atoms with van der Waals surface area (Å²) in [4.78, 5) is 36.9. The molecule has 1 unspecified atom stereocenters. The Morgan fingerprint density at radius 1 is 1.60 bits per heavy atom. The van der Waals surface area contributed by atoms with Crippen molar-refractivity contribution in [3.8, 4) is 0 Å². The predicted molar refractivity (Wildman–Crippen MR) is 48.3 cm³/mol. The Labute approximate surface area is 85.1 Å². The minimum absolute atomic E-state index is 0.355. The van der Waals surface area contributed by atoms with E-state index in [-0.39, 0.29) is 5.91 Å². The van der Waals surface area contributed by atoms with E-state index in [1.165, 1.54) is 0 Å². The van der Waals surface area contributed by atoms with Crippen molar-refractivity contribution >= 4 is 23.4 Å². The van der Waals surface area contributed by atoms with Crippen LogP contribution in [0, 0.1) is 0 Å². The first-order chi connectivity index (χ1) is 7.02. The van der Waals surface area contributed by atoms with Crippen LogP contribution in [0.5, 0.6) is 0 Å². The van der Waals surface area contributed by atoms with Crippen LogP contribution in [0.3, 0.4) is 0 Å². The minimum atomic E-state index is -1.47. The quantitative estimate of drug-likeness (QED) is 0.352. The van der Waals surface area contributed by atoms with Crippen molar-refractivity contribution in [1.29, 1.82) is 0 Å². The van der Waals surface area contributed by atoms with Crippen LogP contribution in [0.1, 0.15) is 13.3 Å². The zero-order chi connectivity index (χ0) is 11.4. The van der Waals surface area contributed by atoms with Crippen LogP contribution in [0.4, 0.5) is 0 Å². The number of nitrogens with zero attached hydrogens (tertiary/aromatic N) is 1. The van der Waals surface area contributed by atoms with Gasteiger partial charge in [-0.15, -0.1) is 0 Å². The molecule has 1 aliphatic rings. The number of ketones is 1. The Kier molecular flexibility index (Phi) is 3.37. The fourth-order valence-electron chi connectivity index (χ4n) is 1.04. The van der Waals surface area contributed by atoms with Crippen LogP contribution in [-0.4, -0.2) is 41.1 Å². The molecule has 1 fully saturated rings. The van der Waals surface area contributed by atoms with Gasteiger partial charge in [0.2, 0.25) is 11.8 Å². The first-order valence-corrected chi connectivity index (χ1v) is 4.28. The normalized spacial score (nSPS) is 21.0. The number of amides is 1. The number of aliphatic carboxylic acids is 1. The number of carbonyl (C=O) groups is 3. The molecule has 0 aromatic heterocycles. The second-order valence-corrected chi connectivity index (χ2v) is 2.97. The van der Waals surface area contributed by atoms with Gasteiger partial charge in [0.1, 0.15) is 0 Å². The van der Waals surface area contributed by atoms with Gasteiger partial charge >= 0.3 is 5.97 Å². The fourth-order valence-corrected chi connectivity index (χ4v) is 1.04. The fraction of sp³-hybridized carbons (Fsp3) is 0.500. The highest BCUT2D eigenvalue weighted by molar-refractivity contribution is 6.63. The van der Waals surface area contributed by atoms with Gasteiger partial charge in [0, 0.05) is 19.9 Å². The molecule has 0 saturated carbocycles. The van der Waals surface area contributed by atoms with Gasteiger partial charge in [-0.2, -0.15) is 0 Å². The summed E-state index contributed by atoms with van der Waals surface area (Å²) in [5.41, 5.74) is -0.713. The maximum Gasteiger partial charge on any atom is 0.361 e. The molecule has 0 spiro atoms.